The number of likely N-dealkylation sites (tertiary alicyclic amines) is 1. The Bertz CT molecular complexity index is 885. The second-order valence-electron chi connectivity index (χ2n) is 8.36. The predicted octanol–water partition coefficient (Wildman–Crippen LogP) is 5.14. The van der Waals surface area contributed by atoms with Crippen molar-refractivity contribution in [2.45, 2.75) is 44.7 Å². The highest BCUT2D eigenvalue weighted by Gasteiger charge is 2.39. The SMILES string of the molecule is CC(C)(C)NC(=O)N1CC(OC(c2ccc(F)cc2)c2ccccc2C(F)(F)F)C1. The topological polar surface area (TPSA) is 41.6 Å². The van der Waals surface area contributed by atoms with Crippen LogP contribution in [0, 0.1) is 5.82 Å². The van der Waals surface area contributed by atoms with E-state index in [-0.39, 0.29) is 24.7 Å². The van der Waals surface area contributed by atoms with Crippen LogP contribution in [0.3, 0.4) is 0 Å². The van der Waals surface area contributed by atoms with Gasteiger partial charge in [0.2, 0.25) is 0 Å². The highest BCUT2D eigenvalue weighted by Crippen LogP contribution is 2.39. The number of rotatable bonds is 4. The lowest BCUT2D eigenvalue weighted by Crippen LogP contribution is -2.60. The van der Waals surface area contributed by atoms with Gasteiger partial charge >= 0.3 is 12.2 Å². The Morgan fingerprint density at radius 1 is 1.07 bits per heavy atom. The van der Waals surface area contributed by atoms with Gasteiger partial charge in [0.25, 0.3) is 0 Å². The lowest BCUT2D eigenvalue weighted by molar-refractivity contribution is -0.140. The molecule has 1 unspecified atom stereocenters. The fourth-order valence-corrected chi connectivity index (χ4v) is 3.24. The van der Waals surface area contributed by atoms with E-state index in [9.17, 15) is 22.4 Å². The molecule has 2 amide bonds. The fourth-order valence-electron chi connectivity index (χ4n) is 3.24. The number of halogens is 4. The molecule has 0 saturated carbocycles. The molecule has 0 spiro atoms. The number of hydrogen-bond donors (Lipinski definition) is 1. The normalized spacial score (nSPS) is 16.2. The first-order valence-electron chi connectivity index (χ1n) is 9.58. The van der Waals surface area contributed by atoms with E-state index in [1.165, 1.54) is 47.4 Å². The predicted molar refractivity (Wildman–Crippen MR) is 104 cm³/mol. The molecule has 1 heterocycles. The molecule has 30 heavy (non-hydrogen) atoms. The monoisotopic (exact) mass is 424 g/mol. The molecular formula is C22H24F4N2O2. The molecule has 1 atom stereocenters. The summed E-state index contributed by atoms with van der Waals surface area (Å²) in [6.07, 6.45) is -6.04. The Morgan fingerprint density at radius 2 is 1.67 bits per heavy atom. The largest absolute Gasteiger partial charge is 0.416 e. The van der Waals surface area contributed by atoms with Gasteiger partial charge in [-0.1, -0.05) is 30.3 Å². The maximum atomic E-state index is 13.6. The van der Waals surface area contributed by atoms with Crippen LogP contribution in [0.2, 0.25) is 0 Å². The summed E-state index contributed by atoms with van der Waals surface area (Å²) in [6.45, 7) is 6.09. The van der Waals surface area contributed by atoms with Crippen molar-refractivity contribution >= 4 is 6.03 Å². The first kappa shape index (κ1) is 22.1. The second kappa shape index (κ2) is 8.26. The molecule has 2 aromatic carbocycles. The van der Waals surface area contributed by atoms with Crippen molar-refractivity contribution in [1.29, 1.82) is 0 Å². The smallest absolute Gasteiger partial charge is 0.362 e. The third-order valence-corrected chi connectivity index (χ3v) is 4.67. The Kier molecular flexibility index (Phi) is 6.08. The van der Waals surface area contributed by atoms with Crippen LogP contribution in [0.1, 0.15) is 43.6 Å². The van der Waals surface area contributed by atoms with Gasteiger partial charge in [-0.15, -0.1) is 0 Å². The molecule has 4 nitrogen and oxygen atoms in total. The zero-order chi connectivity index (χ0) is 22.1. The molecule has 1 N–H and O–H groups in total. The van der Waals surface area contributed by atoms with Crippen molar-refractivity contribution in [3.63, 3.8) is 0 Å². The molecule has 1 aliphatic heterocycles. The maximum Gasteiger partial charge on any atom is 0.416 e. The third kappa shape index (κ3) is 5.30. The van der Waals surface area contributed by atoms with Crippen LogP contribution in [-0.4, -0.2) is 35.7 Å². The number of nitrogens with zero attached hydrogens (tertiary/aromatic N) is 1. The molecule has 1 aliphatic rings. The summed E-state index contributed by atoms with van der Waals surface area (Å²) < 4.78 is 60.1. The summed E-state index contributed by atoms with van der Waals surface area (Å²) >= 11 is 0. The third-order valence-electron chi connectivity index (χ3n) is 4.67. The van der Waals surface area contributed by atoms with Crippen molar-refractivity contribution in [2.75, 3.05) is 13.1 Å². The van der Waals surface area contributed by atoms with Gasteiger partial charge in [-0.25, -0.2) is 9.18 Å². The molecule has 2 aromatic rings. The van der Waals surface area contributed by atoms with E-state index >= 15 is 0 Å². The van der Waals surface area contributed by atoms with E-state index < -0.39 is 35.3 Å². The van der Waals surface area contributed by atoms with Crippen molar-refractivity contribution in [3.05, 3.63) is 71.0 Å². The molecule has 0 aliphatic carbocycles. The summed E-state index contributed by atoms with van der Waals surface area (Å²) in [6, 6.07) is 10.1. The molecule has 162 valence electrons. The number of carbonyl (C=O) groups is 1. The number of carbonyl (C=O) groups excluding carboxylic acids is 1. The summed E-state index contributed by atoms with van der Waals surface area (Å²) in [5.41, 5.74) is -0.841. The molecule has 3 rings (SSSR count). The Morgan fingerprint density at radius 3 is 2.23 bits per heavy atom. The van der Waals surface area contributed by atoms with Gasteiger partial charge < -0.3 is 15.0 Å². The average Bonchev–Trinajstić information content (AvgIpc) is 2.59. The zero-order valence-electron chi connectivity index (χ0n) is 17.0. The van der Waals surface area contributed by atoms with Crippen LogP contribution >= 0.6 is 0 Å². The van der Waals surface area contributed by atoms with E-state index in [0.29, 0.717) is 5.56 Å². The fraction of sp³-hybridized carbons (Fsp3) is 0.409. The Labute approximate surface area is 172 Å². The van der Waals surface area contributed by atoms with Crippen LogP contribution in [0.25, 0.3) is 0 Å². The van der Waals surface area contributed by atoms with Crippen molar-refractivity contribution < 1.29 is 27.1 Å². The molecule has 1 fully saturated rings. The number of nitrogens with one attached hydrogen (secondary N) is 1. The second-order valence-corrected chi connectivity index (χ2v) is 8.36. The van der Waals surface area contributed by atoms with Gasteiger partial charge in [-0.3, -0.25) is 0 Å². The minimum absolute atomic E-state index is 0.0470. The van der Waals surface area contributed by atoms with E-state index in [2.05, 4.69) is 5.32 Å². The Balaban J connectivity index is 1.82. The zero-order valence-corrected chi connectivity index (χ0v) is 17.0. The van der Waals surface area contributed by atoms with Crippen LogP contribution in [0.15, 0.2) is 48.5 Å². The molecule has 0 aromatic heterocycles. The van der Waals surface area contributed by atoms with Gasteiger partial charge in [0.15, 0.2) is 0 Å². The molecule has 8 heteroatoms. The summed E-state index contributed by atoms with van der Waals surface area (Å²) in [4.78, 5) is 13.7. The molecule has 0 bridgehead atoms. The van der Waals surface area contributed by atoms with Gasteiger partial charge in [0.05, 0.1) is 24.8 Å². The molecular weight excluding hydrogens is 400 g/mol. The van der Waals surface area contributed by atoms with Gasteiger partial charge in [-0.05, 0) is 50.1 Å². The number of urea groups is 1. The van der Waals surface area contributed by atoms with Crippen LogP contribution in [-0.2, 0) is 10.9 Å². The van der Waals surface area contributed by atoms with E-state index in [0.717, 1.165) is 6.07 Å². The van der Waals surface area contributed by atoms with Crippen LogP contribution < -0.4 is 5.32 Å². The number of ether oxygens (including phenoxy) is 1. The maximum absolute atomic E-state index is 13.6. The number of amides is 2. The first-order valence-corrected chi connectivity index (χ1v) is 9.58. The number of benzene rings is 2. The minimum Gasteiger partial charge on any atom is -0.362 e. The van der Waals surface area contributed by atoms with Gasteiger partial charge in [0, 0.05) is 5.54 Å². The number of alkyl halides is 3. The average molecular weight is 424 g/mol. The number of hydrogen-bond acceptors (Lipinski definition) is 2. The van der Waals surface area contributed by atoms with Crippen LogP contribution in [0.5, 0.6) is 0 Å². The summed E-state index contributed by atoms with van der Waals surface area (Å²) in [5, 5.41) is 2.83. The van der Waals surface area contributed by atoms with E-state index in [1.54, 1.807) is 0 Å². The lowest BCUT2D eigenvalue weighted by atomic mass is 9.95. The Hall–Kier alpha value is -2.61. The highest BCUT2D eigenvalue weighted by atomic mass is 19.4. The van der Waals surface area contributed by atoms with Crippen molar-refractivity contribution in [1.82, 2.24) is 10.2 Å². The standard InChI is InChI=1S/C22H24F4N2O2/c1-21(2,3)27-20(29)28-12-16(13-28)30-19(14-8-10-15(23)11-9-14)17-6-4-5-7-18(17)22(24,25)26/h4-11,16,19H,12-13H2,1-3H3,(H,27,29). The van der Waals surface area contributed by atoms with Crippen molar-refractivity contribution in [3.8, 4) is 0 Å². The quantitative estimate of drug-likeness (QED) is 0.691. The lowest BCUT2D eigenvalue weighted by Gasteiger charge is -2.42. The van der Waals surface area contributed by atoms with E-state index in [4.69, 9.17) is 4.74 Å². The minimum atomic E-state index is -4.56. The summed E-state index contributed by atoms with van der Waals surface area (Å²) in [5.74, 6) is -0.490. The summed E-state index contributed by atoms with van der Waals surface area (Å²) in [7, 11) is 0. The molecule has 1 saturated heterocycles. The van der Waals surface area contributed by atoms with Gasteiger partial charge in [-0.2, -0.15) is 13.2 Å². The van der Waals surface area contributed by atoms with E-state index in [1.807, 2.05) is 20.8 Å². The molecule has 0 radical (unpaired) electrons. The first-order chi connectivity index (χ1) is 13.9. The van der Waals surface area contributed by atoms with Crippen molar-refractivity contribution in [2.24, 2.45) is 0 Å². The van der Waals surface area contributed by atoms with Gasteiger partial charge in [0.1, 0.15) is 11.9 Å². The highest BCUT2D eigenvalue weighted by molar-refractivity contribution is 5.75. The van der Waals surface area contributed by atoms with Crippen LogP contribution in [0.4, 0.5) is 22.4 Å².